The Labute approximate surface area is 74.3 Å². The van der Waals surface area contributed by atoms with Gasteiger partial charge in [0.25, 0.3) is 0 Å². The van der Waals surface area contributed by atoms with Crippen molar-refractivity contribution in [2.24, 2.45) is 0 Å². The minimum Gasteiger partial charge on any atom is -0.313 e. The van der Waals surface area contributed by atoms with Crippen LogP contribution in [0.4, 0.5) is 0 Å². The van der Waals surface area contributed by atoms with E-state index in [0.717, 1.165) is 6.04 Å². The Hall–Kier alpha value is 0.310. The predicted octanol–water partition coefficient (Wildman–Crippen LogP) is 2.09. The Bertz CT molecular complexity index is 89.6. The zero-order chi connectivity index (χ0) is 7.94. The van der Waals surface area contributed by atoms with Crippen LogP contribution in [-0.4, -0.2) is 24.6 Å². The van der Waals surface area contributed by atoms with E-state index in [1.165, 1.54) is 38.0 Å². The summed E-state index contributed by atoms with van der Waals surface area (Å²) in [7, 11) is 0. The zero-order valence-corrected chi connectivity index (χ0v) is 8.12. The molecule has 1 radical (unpaired) electrons. The van der Waals surface area contributed by atoms with Crippen LogP contribution in [-0.2, 0) is 0 Å². The van der Waals surface area contributed by atoms with Gasteiger partial charge in [-0.3, -0.25) is 0 Å². The van der Waals surface area contributed by atoms with Crippen molar-refractivity contribution in [2.75, 3.05) is 18.6 Å². The molecular weight excluding hydrogens is 154 g/mol. The number of hydrogen-bond acceptors (Lipinski definition) is 2. The van der Waals surface area contributed by atoms with E-state index in [-0.39, 0.29) is 0 Å². The summed E-state index contributed by atoms with van der Waals surface area (Å²) in [5, 5.41) is 3.57. The Morgan fingerprint density at radius 1 is 1.64 bits per heavy atom. The van der Waals surface area contributed by atoms with Crippen LogP contribution in [0.1, 0.15) is 25.7 Å². The lowest BCUT2D eigenvalue weighted by atomic mass is 9.96. The van der Waals surface area contributed by atoms with Crippen molar-refractivity contribution in [3.63, 3.8) is 0 Å². The van der Waals surface area contributed by atoms with E-state index in [9.17, 15) is 0 Å². The summed E-state index contributed by atoms with van der Waals surface area (Å²) in [5.74, 6) is 1.25. The molecule has 0 bridgehead atoms. The molecule has 11 heavy (non-hydrogen) atoms. The second-order valence-corrected chi connectivity index (χ2v) is 4.08. The largest absolute Gasteiger partial charge is 0.313 e. The van der Waals surface area contributed by atoms with Crippen LogP contribution in [0.3, 0.4) is 0 Å². The highest BCUT2D eigenvalue weighted by atomic mass is 32.2. The van der Waals surface area contributed by atoms with Crippen LogP contribution in [0.5, 0.6) is 0 Å². The van der Waals surface area contributed by atoms with E-state index in [0.29, 0.717) is 0 Å². The average molecular weight is 172 g/mol. The number of nitrogens with one attached hydrogen (secondary N) is 1. The van der Waals surface area contributed by atoms with Crippen LogP contribution >= 0.6 is 11.8 Å². The van der Waals surface area contributed by atoms with E-state index in [4.69, 9.17) is 0 Å². The van der Waals surface area contributed by atoms with Crippen LogP contribution in [0.2, 0.25) is 0 Å². The summed E-state index contributed by atoms with van der Waals surface area (Å²) < 4.78 is 0. The third kappa shape index (κ3) is 4.02. The summed E-state index contributed by atoms with van der Waals surface area (Å²) in [6.45, 7) is 1.18. The molecule has 1 unspecified atom stereocenters. The Morgan fingerprint density at radius 3 is 3.18 bits per heavy atom. The molecule has 65 valence electrons. The van der Waals surface area contributed by atoms with Gasteiger partial charge in [0.05, 0.1) is 0 Å². The summed E-state index contributed by atoms with van der Waals surface area (Å²) in [6.07, 6.45) is 9.96. The van der Waals surface area contributed by atoms with E-state index in [1.54, 1.807) is 0 Å². The fourth-order valence-corrected chi connectivity index (χ4v) is 1.82. The van der Waals surface area contributed by atoms with Gasteiger partial charge < -0.3 is 5.32 Å². The van der Waals surface area contributed by atoms with E-state index in [1.807, 2.05) is 11.8 Å². The molecule has 1 fully saturated rings. The molecule has 1 saturated carbocycles. The Morgan fingerprint density at radius 2 is 2.55 bits per heavy atom. The highest BCUT2D eigenvalue weighted by molar-refractivity contribution is 7.98. The fraction of sp³-hybridized carbons (Fsp3) is 0.889. The molecule has 0 aliphatic heterocycles. The predicted molar refractivity (Wildman–Crippen MR) is 52.9 cm³/mol. The first kappa shape index (κ1) is 9.40. The van der Waals surface area contributed by atoms with Gasteiger partial charge in [-0.05, 0) is 25.5 Å². The third-order valence-corrected chi connectivity index (χ3v) is 2.76. The minimum atomic E-state index is 0.788. The molecule has 1 rings (SSSR count). The molecular formula is C9H18NS. The number of thioether (sulfide) groups is 1. The van der Waals surface area contributed by atoms with Gasteiger partial charge in [-0.1, -0.05) is 12.8 Å². The van der Waals surface area contributed by atoms with Crippen molar-refractivity contribution in [3.05, 3.63) is 6.42 Å². The standard InChI is InChI=1S/C9H18NS/c1-11-8-7-10-9-5-3-2-4-6-9/h3,9-10H,2,4-8H2,1H3. The van der Waals surface area contributed by atoms with Crippen LogP contribution < -0.4 is 5.32 Å². The molecule has 0 aromatic rings. The van der Waals surface area contributed by atoms with Gasteiger partial charge in [-0.25, -0.2) is 0 Å². The highest BCUT2D eigenvalue weighted by Crippen LogP contribution is 2.16. The molecule has 0 saturated heterocycles. The molecule has 1 nitrogen and oxygen atoms in total. The van der Waals surface area contributed by atoms with Gasteiger partial charge in [-0.15, -0.1) is 0 Å². The van der Waals surface area contributed by atoms with E-state index >= 15 is 0 Å². The smallest absolute Gasteiger partial charge is 0.00701 e. The van der Waals surface area contributed by atoms with Gasteiger partial charge >= 0.3 is 0 Å². The SMILES string of the molecule is CSCCNC1C[CH]CCC1. The van der Waals surface area contributed by atoms with E-state index in [2.05, 4.69) is 18.0 Å². The zero-order valence-electron chi connectivity index (χ0n) is 7.31. The fourth-order valence-electron chi connectivity index (χ4n) is 1.50. The maximum atomic E-state index is 3.57. The lowest BCUT2D eigenvalue weighted by Gasteiger charge is -2.22. The monoisotopic (exact) mass is 172 g/mol. The van der Waals surface area contributed by atoms with Gasteiger partial charge in [0.15, 0.2) is 0 Å². The highest BCUT2D eigenvalue weighted by Gasteiger charge is 2.11. The molecule has 0 aromatic heterocycles. The second kappa shape index (κ2) is 5.90. The molecule has 1 aliphatic carbocycles. The maximum Gasteiger partial charge on any atom is 0.00701 e. The van der Waals surface area contributed by atoms with Crippen LogP contribution in [0, 0.1) is 6.42 Å². The van der Waals surface area contributed by atoms with Crippen molar-refractivity contribution < 1.29 is 0 Å². The van der Waals surface area contributed by atoms with E-state index < -0.39 is 0 Å². The number of rotatable bonds is 4. The first-order valence-electron chi connectivity index (χ1n) is 4.47. The normalized spacial score (nSPS) is 20.5. The van der Waals surface area contributed by atoms with Crippen molar-refractivity contribution in [2.45, 2.75) is 31.7 Å². The molecule has 0 aromatic carbocycles. The third-order valence-electron chi connectivity index (χ3n) is 2.15. The summed E-state index contributed by atoms with van der Waals surface area (Å²) in [5.41, 5.74) is 0. The average Bonchev–Trinajstić information content (AvgIpc) is 2.07. The number of hydrogen-bond donors (Lipinski definition) is 1. The summed E-state index contributed by atoms with van der Waals surface area (Å²) in [6, 6.07) is 0.788. The van der Waals surface area contributed by atoms with Crippen LogP contribution in [0.25, 0.3) is 0 Å². The summed E-state index contributed by atoms with van der Waals surface area (Å²) >= 11 is 1.92. The van der Waals surface area contributed by atoms with Gasteiger partial charge in [0, 0.05) is 18.3 Å². The molecule has 1 atom stereocenters. The Kier molecular flexibility index (Phi) is 5.04. The van der Waals surface area contributed by atoms with Crippen LogP contribution in [0.15, 0.2) is 0 Å². The first-order valence-corrected chi connectivity index (χ1v) is 5.87. The minimum absolute atomic E-state index is 0.788. The van der Waals surface area contributed by atoms with Crippen molar-refractivity contribution >= 4 is 11.8 Å². The molecule has 0 heterocycles. The molecule has 0 spiro atoms. The molecule has 2 heteroatoms. The molecule has 1 aliphatic rings. The maximum absolute atomic E-state index is 3.57. The van der Waals surface area contributed by atoms with Gasteiger partial charge in [0.2, 0.25) is 0 Å². The quantitative estimate of drug-likeness (QED) is 0.652. The topological polar surface area (TPSA) is 12.0 Å². The van der Waals surface area contributed by atoms with Gasteiger partial charge in [-0.2, -0.15) is 11.8 Å². The van der Waals surface area contributed by atoms with Crippen molar-refractivity contribution in [3.8, 4) is 0 Å². The lowest BCUT2D eigenvalue weighted by molar-refractivity contribution is 0.432. The Balaban J connectivity index is 1.96. The molecule has 1 N–H and O–H groups in total. The lowest BCUT2D eigenvalue weighted by Crippen LogP contribution is -2.32. The first-order chi connectivity index (χ1) is 5.43. The van der Waals surface area contributed by atoms with Gasteiger partial charge in [0.1, 0.15) is 0 Å². The van der Waals surface area contributed by atoms with Crippen molar-refractivity contribution in [1.82, 2.24) is 5.32 Å². The second-order valence-electron chi connectivity index (χ2n) is 3.10. The summed E-state index contributed by atoms with van der Waals surface area (Å²) in [4.78, 5) is 0. The van der Waals surface area contributed by atoms with Crippen molar-refractivity contribution in [1.29, 1.82) is 0 Å². The molecule has 0 amide bonds.